The molecule has 0 aliphatic carbocycles. The van der Waals surface area contributed by atoms with Crippen LogP contribution in [0.25, 0.3) is 0 Å². The Balaban J connectivity index is 2.61. The minimum Gasteiger partial charge on any atom is -0.497 e. The molecule has 0 aliphatic heterocycles. The van der Waals surface area contributed by atoms with Crippen molar-refractivity contribution in [2.75, 3.05) is 27.4 Å². The first-order valence-corrected chi connectivity index (χ1v) is 5.41. The summed E-state index contributed by atoms with van der Waals surface area (Å²) in [6.45, 7) is 0.622. The van der Waals surface area contributed by atoms with E-state index in [2.05, 4.69) is 5.32 Å². The Hall–Kier alpha value is -1.30. The van der Waals surface area contributed by atoms with Gasteiger partial charge in [0, 0.05) is 18.7 Å². The largest absolute Gasteiger partial charge is 0.497 e. The fourth-order valence-corrected chi connectivity index (χ4v) is 1.46. The van der Waals surface area contributed by atoms with Gasteiger partial charge in [0.15, 0.2) is 0 Å². The van der Waals surface area contributed by atoms with Crippen molar-refractivity contribution in [3.05, 3.63) is 23.8 Å². The van der Waals surface area contributed by atoms with E-state index in [-0.39, 0.29) is 6.61 Å². The number of rotatable bonds is 7. The van der Waals surface area contributed by atoms with Crippen molar-refractivity contribution in [2.24, 2.45) is 0 Å². The number of benzene rings is 1. The van der Waals surface area contributed by atoms with Crippen molar-refractivity contribution >= 4 is 0 Å². The van der Waals surface area contributed by atoms with Crippen molar-refractivity contribution in [1.29, 1.82) is 0 Å². The molecule has 1 atom stereocenters. The molecule has 5 heteroatoms. The van der Waals surface area contributed by atoms with Crippen LogP contribution in [-0.2, 0) is 6.54 Å². The molecule has 0 amide bonds. The quantitative estimate of drug-likeness (QED) is 0.633. The molecule has 0 fully saturated rings. The zero-order chi connectivity index (χ0) is 12.7. The van der Waals surface area contributed by atoms with E-state index in [1.807, 2.05) is 18.2 Å². The van der Waals surface area contributed by atoms with E-state index >= 15 is 0 Å². The first-order chi connectivity index (χ1) is 8.21. The summed E-state index contributed by atoms with van der Waals surface area (Å²) >= 11 is 0. The first kappa shape index (κ1) is 13.8. The van der Waals surface area contributed by atoms with Gasteiger partial charge in [-0.3, -0.25) is 0 Å². The molecular weight excluding hydrogens is 222 g/mol. The molecule has 96 valence electrons. The smallest absolute Gasteiger partial charge is 0.123 e. The normalized spacial score (nSPS) is 12.2. The van der Waals surface area contributed by atoms with Gasteiger partial charge in [0.1, 0.15) is 11.5 Å². The van der Waals surface area contributed by atoms with Gasteiger partial charge in [0.05, 0.1) is 26.9 Å². The average molecular weight is 241 g/mol. The van der Waals surface area contributed by atoms with Crippen LogP contribution >= 0.6 is 0 Å². The van der Waals surface area contributed by atoms with Crippen molar-refractivity contribution in [3.63, 3.8) is 0 Å². The maximum atomic E-state index is 9.19. The first-order valence-electron chi connectivity index (χ1n) is 5.41. The highest BCUT2D eigenvalue weighted by atomic mass is 16.5. The third kappa shape index (κ3) is 4.22. The Morgan fingerprint density at radius 1 is 1.29 bits per heavy atom. The van der Waals surface area contributed by atoms with E-state index in [4.69, 9.17) is 14.6 Å². The zero-order valence-electron chi connectivity index (χ0n) is 10.1. The van der Waals surface area contributed by atoms with E-state index in [1.54, 1.807) is 14.2 Å². The monoisotopic (exact) mass is 241 g/mol. The predicted molar refractivity (Wildman–Crippen MR) is 64.3 cm³/mol. The summed E-state index contributed by atoms with van der Waals surface area (Å²) in [6, 6.07) is 5.53. The number of aliphatic hydroxyl groups excluding tert-OH is 2. The molecule has 1 unspecified atom stereocenters. The highest BCUT2D eigenvalue weighted by Gasteiger charge is 2.06. The lowest BCUT2D eigenvalue weighted by molar-refractivity contribution is 0.0942. The summed E-state index contributed by atoms with van der Waals surface area (Å²) < 4.78 is 10.4. The van der Waals surface area contributed by atoms with E-state index < -0.39 is 6.10 Å². The third-order valence-corrected chi connectivity index (χ3v) is 2.39. The number of hydrogen-bond donors (Lipinski definition) is 3. The van der Waals surface area contributed by atoms with E-state index in [0.717, 1.165) is 17.1 Å². The highest BCUT2D eigenvalue weighted by Crippen LogP contribution is 2.23. The number of hydrogen-bond acceptors (Lipinski definition) is 5. The summed E-state index contributed by atoms with van der Waals surface area (Å²) in [5.41, 5.74) is 0.942. The van der Waals surface area contributed by atoms with E-state index in [1.165, 1.54) is 0 Å². The van der Waals surface area contributed by atoms with Crippen LogP contribution in [0, 0.1) is 0 Å². The fraction of sp³-hybridized carbons (Fsp3) is 0.500. The topological polar surface area (TPSA) is 71.0 Å². The molecule has 0 aliphatic rings. The van der Waals surface area contributed by atoms with Gasteiger partial charge in [-0.15, -0.1) is 0 Å². The number of nitrogens with one attached hydrogen (secondary N) is 1. The molecule has 0 saturated carbocycles. The van der Waals surface area contributed by atoms with Crippen LogP contribution in [0.2, 0.25) is 0 Å². The van der Waals surface area contributed by atoms with Gasteiger partial charge in [-0.2, -0.15) is 0 Å². The second kappa shape index (κ2) is 7.11. The van der Waals surface area contributed by atoms with Gasteiger partial charge in [0.2, 0.25) is 0 Å². The maximum Gasteiger partial charge on any atom is 0.123 e. The van der Waals surface area contributed by atoms with Gasteiger partial charge in [0.25, 0.3) is 0 Å². The SMILES string of the molecule is COc1ccc(OC)c(CNCC(O)CO)c1. The van der Waals surface area contributed by atoms with Gasteiger partial charge in [-0.25, -0.2) is 0 Å². The molecule has 0 saturated heterocycles. The molecule has 0 radical (unpaired) electrons. The number of aliphatic hydroxyl groups is 2. The van der Waals surface area contributed by atoms with Gasteiger partial charge >= 0.3 is 0 Å². The van der Waals surface area contributed by atoms with Crippen molar-refractivity contribution in [3.8, 4) is 11.5 Å². The van der Waals surface area contributed by atoms with Crippen LogP contribution < -0.4 is 14.8 Å². The molecule has 0 bridgehead atoms. The molecule has 1 aromatic carbocycles. The summed E-state index contributed by atoms with van der Waals surface area (Å²) in [4.78, 5) is 0. The minimum absolute atomic E-state index is 0.248. The van der Waals surface area contributed by atoms with Crippen LogP contribution in [0.4, 0.5) is 0 Å². The Kier molecular flexibility index (Phi) is 5.76. The molecular formula is C12H19NO4. The second-order valence-electron chi connectivity index (χ2n) is 3.65. The van der Waals surface area contributed by atoms with Crippen LogP contribution in [0.3, 0.4) is 0 Å². The Morgan fingerprint density at radius 2 is 2.06 bits per heavy atom. The second-order valence-corrected chi connectivity index (χ2v) is 3.65. The average Bonchev–Trinajstić information content (AvgIpc) is 2.38. The Bertz CT molecular complexity index is 343. The van der Waals surface area contributed by atoms with Crippen molar-refractivity contribution in [2.45, 2.75) is 12.6 Å². The van der Waals surface area contributed by atoms with Gasteiger partial charge in [-0.1, -0.05) is 0 Å². The van der Waals surface area contributed by atoms with Crippen LogP contribution in [-0.4, -0.2) is 43.7 Å². The van der Waals surface area contributed by atoms with Crippen LogP contribution in [0.1, 0.15) is 5.56 Å². The van der Waals surface area contributed by atoms with Crippen molar-refractivity contribution in [1.82, 2.24) is 5.32 Å². The van der Waals surface area contributed by atoms with E-state index in [9.17, 15) is 5.11 Å². The Labute approximate surface area is 101 Å². The molecule has 3 N–H and O–H groups in total. The molecule has 0 heterocycles. The van der Waals surface area contributed by atoms with Crippen LogP contribution in [0.15, 0.2) is 18.2 Å². The van der Waals surface area contributed by atoms with Crippen LogP contribution in [0.5, 0.6) is 11.5 Å². The number of ether oxygens (including phenoxy) is 2. The fourth-order valence-electron chi connectivity index (χ4n) is 1.46. The van der Waals surface area contributed by atoms with E-state index in [0.29, 0.717) is 13.1 Å². The molecule has 17 heavy (non-hydrogen) atoms. The minimum atomic E-state index is -0.744. The lowest BCUT2D eigenvalue weighted by Gasteiger charge is -2.12. The molecule has 0 aromatic heterocycles. The third-order valence-electron chi connectivity index (χ3n) is 2.39. The summed E-state index contributed by atoms with van der Waals surface area (Å²) in [6.07, 6.45) is -0.744. The van der Waals surface area contributed by atoms with Gasteiger partial charge in [-0.05, 0) is 18.2 Å². The molecule has 1 rings (SSSR count). The predicted octanol–water partition coefficient (Wildman–Crippen LogP) is 0.147. The highest BCUT2D eigenvalue weighted by molar-refractivity contribution is 5.40. The lowest BCUT2D eigenvalue weighted by atomic mass is 10.2. The van der Waals surface area contributed by atoms with Crippen molar-refractivity contribution < 1.29 is 19.7 Å². The molecule has 5 nitrogen and oxygen atoms in total. The number of methoxy groups -OCH3 is 2. The summed E-state index contributed by atoms with van der Waals surface area (Å²) in [7, 11) is 3.21. The van der Waals surface area contributed by atoms with Gasteiger partial charge < -0.3 is 25.0 Å². The molecule has 1 aromatic rings. The molecule has 0 spiro atoms. The lowest BCUT2D eigenvalue weighted by Crippen LogP contribution is -2.29. The zero-order valence-corrected chi connectivity index (χ0v) is 10.1. The standard InChI is InChI=1S/C12H19NO4/c1-16-11-3-4-12(17-2)9(5-11)6-13-7-10(15)8-14/h3-5,10,13-15H,6-8H2,1-2H3. The summed E-state index contributed by atoms with van der Waals surface area (Å²) in [5, 5.41) is 20.9. The maximum absolute atomic E-state index is 9.19. The Morgan fingerprint density at radius 3 is 2.65 bits per heavy atom. The summed E-state index contributed by atoms with van der Waals surface area (Å²) in [5.74, 6) is 1.52.